The van der Waals surface area contributed by atoms with E-state index >= 15 is 0 Å². The number of rotatable bonds is 10. The van der Waals surface area contributed by atoms with Crippen LogP contribution in [0.5, 0.6) is 5.75 Å². The van der Waals surface area contributed by atoms with Crippen LogP contribution < -0.4 is 15.4 Å². The molecular weight excluding hydrogens is 340 g/mol. The highest BCUT2D eigenvalue weighted by atomic mass is 16.5. The van der Waals surface area contributed by atoms with Crippen LogP contribution in [0.3, 0.4) is 0 Å². The SMILES string of the molecule is CCN(CC)CCCNC(=NC)NCc1ccc(C)cc1OC1CCOC1. The molecule has 1 aliphatic rings. The molecule has 0 aliphatic carbocycles. The number of ether oxygens (including phenoxy) is 2. The Morgan fingerprint density at radius 2 is 2.11 bits per heavy atom. The lowest BCUT2D eigenvalue weighted by Crippen LogP contribution is -2.38. The zero-order valence-electron chi connectivity index (χ0n) is 17.4. The van der Waals surface area contributed by atoms with Crippen molar-refractivity contribution in [3.63, 3.8) is 0 Å². The summed E-state index contributed by atoms with van der Waals surface area (Å²) in [6.45, 7) is 12.9. The Balaban J connectivity index is 1.82. The molecule has 1 aliphatic heterocycles. The first-order chi connectivity index (χ1) is 13.2. The Bertz CT molecular complexity index is 582. The van der Waals surface area contributed by atoms with Crippen LogP contribution in [0.15, 0.2) is 23.2 Å². The van der Waals surface area contributed by atoms with Crippen LogP contribution in [-0.2, 0) is 11.3 Å². The molecule has 1 heterocycles. The van der Waals surface area contributed by atoms with Crippen molar-refractivity contribution in [2.45, 2.75) is 46.3 Å². The molecule has 0 bridgehead atoms. The van der Waals surface area contributed by atoms with Crippen molar-refractivity contribution < 1.29 is 9.47 Å². The van der Waals surface area contributed by atoms with Gasteiger partial charge in [-0.1, -0.05) is 26.0 Å². The van der Waals surface area contributed by atoms with Crippen molar-refractivity contribution >= 4 is 5.96 Å². The third-order valence-corrected chi connectivity index (χ3v) is 4.91. The highest BCUT2D eigenvalue weighted by molar-refractivity contribution is 5.79. The van der Waals surface area contributed by atoms with Crippen LogP contribution in [0.2, 0.25) is 0 Å². The van der Waals surface area contributed by atoms with Crippen molar-refractivity contribution in [1.29, 1.82) is 0 Å². The number of nitrogens with zero attached hydrogens (tertiary/aromatic N) is 2. The van der Waals surface area contributed by atoms with Crippen LogP contribution in [0.1, 0.15) is 37.8 Å². The Morgan fingerprint density at radius 1 is 1.30 bits per heavy atom. The minimum absolute atomic E-state index is 0.156. The van der Waals surface area contributed by atoms with E-state index in [1.807, 2.05) is 7.05 Å². The molecule has 6 nitrogen and oxygen atoms in total. The van der Waals surface area contributed by atoms with Gasteiger partial charge in [0.15, 0.2) is 5.96 Å². The monoisotopic (exact) mass is 376 g/mol. The van der Waals surface area contributed by atoms with Crippen LogP contribution in [-0.4, -0.2) is 63.4 Å². The van der Waals surface area contributed by atoms with Gasteiger partial charge in [-0.05, 0) is 44.6 Å². The number of aliphatic imine (C=N–C) groups is 1. The molecule has 1 fully saturated rings. The van der Waals surface area contributed by atoms with E-state index in [4.69, 9.17) is 9.47 Å². The number of aryl methyl sites for hydroxylation is 1. The highest BCUT2D eigenvalue weighted by Gasteiger charge is 2.18. The minimum atomic E-state index is 0.156. The van der Waals surface area contributed by atoms with Gasteiger partial charge in [0.25, 0.3) is 0 Å². The second kappa shape index (κ2) is 11.8. The van der Waals surface area contributed by atoms with Crippen LogP contribution >= 0.6 is 0 Å². The summed E-state index contributed by atoms with van der Waals surface area (Å²) in [5.74, 6) is 1.76. The molecule has 1 aromatic carbocycles. The summed E-state index contributed by atoms with van der Waals surface area (Å²) < 4.78 is 11.6. The molecule has 1 aromatic rings. The maximum Gasteiger partial charge on any atom is 0.191 e. The summed E-state index contributed by atoms with van der Waals surface area (Å²) >= 11 is 0. The van der Waals surface area contributed by atoms with Gasteiger partial charge in [-0.25, -0.2) is 0 Å². The molecule has 0 aromatic heterocycles. The molecule has 0 radical (unpaired) electrons. The fourth-order valence-electron chi connectivity index (χ4n) is 3.15. The fourth-order valence-corrected chi connectivity index (χ4v) is 3.15. The van der Waals surface area contributed by atoms with Crippen LogP contribution in [0, 0.1) is 6.92 Å². The van der Waals surface area contributed by atoms with Crippen molar-refractivity contribution in [2.24, 2.45) is 4.99 Å². The maximum atomic E-state index is 6.17. The molecule has 6 heteroatoms. The van der Waals surface area contributed by atoms with Gasteiger partial charge in [0, 0.05) is 32.1 Å². The molecule has 2 rings (SSSR count). The molecule has 27 heavy (non-hydrogen) atoms. The van der Waals surface area contributed by atoms with Crippen molar-refractivity contribution in [3.05, 3.63) is 29.3 Å². The Hall–Kier alpha value is -1.79. The third-order valence-electron chi connectivity index (χ3n) is 4.91. The Morgan fingerprint density at radius 3 is 2.78 bits per heavy atom. The quantitative estimate of drug-likeness (QED) is 0.373. The summed E-state index contributed by atoms with van der Waals surface area (Å²) in [6, 6.07) is 6.35. The zero-order chi connectivity index (χ0) is 19.5. The van der Waals surface area contributed by atoms with E-state index in [2.05, 4.69) is 59.5 Å². The first kappa shape index (κ1) is 21.5. The number of benzene rings is 1. The highest BCUT2D eigenvalue weighted by Crippen LogP contribution is 2.23. The van der Waals surface area contributed by atoms with Crippen molar-refractivity contribution in [1.82, 2.24) is 15.5 Å². The minimum Gasteiger partial charge on any atom is -0.488 e. The predicted octanol–water partition coefficient (Wildman–Crippen LogP) is 2.56. The van der Waals surface area contributed by atoms with E-state index in [1.165, 1.54) is 5.56 Å². The van der Waals surface area contributed by atoms with Gasteiger partial charge in [0.1, 0.15) is 11.9 Å². The largest absolute Gasteiger partial charge is 0.488 e. The first-order valence-corrected chi connectivity index (χ1v) is 10.2. The normalized spacial score (nSPS) is 17.4. The van der Waals surface area contributed by atoms with E-state index in [9.17, 15) is 0 Å². The number of nitrogens with one attached hydrogen (secondary N) is 2. The smallest absolute Gasteiger partial charge is 0.191 e. The second-order valence-corrected chi connectivity index (χ2v) is 6.95. The lowest BCUT2D eigenvalue weighted by atomic mass is 10.1. The predicted molar refractivity (Wildman–Crippen MR) is 112 cm³/mol. The third kappa shape index (κ3) is 7.39. The Labute approximate surface area is 164 Å². The summed E-state index contributed by atoms with van der Waals surface area (Å²) in [7, 11) is 1.81. The van der Waals surface area contributed by atoms with E-state index in [0.29, 0.717) is 13.2 Å². The van der Waals surface area contributed by atoms with Gasteiger partial charge >= 0.3 is 0 Å². The van der Waals surface area contributed by atoms with E-state index in [-0.39, 0.29) is 6.10 Å². The Kier molecular flexibility index (Phi) is 9.42. The van der Waals surface area contributed by atoms with Crippen LogP contribution in [0.4, 0.5) is 0 Å². The maximum absolute atomic E-state index is 6.17. The molecule has 2 N–H and O–H groups in total. The number of guanidine groups is 1. The number of hydrogen-bond donors (Lipinski definition) is 2. The van der Waals surface area contributed by atoms with Crippen molar-refractivity contribution in [3.8, 4) is 5.75 Å². The number of hydrogen-bond acceptors (Lipinski definition) is 4. The standard InChI is InChI=1S/C21H36N4O2/c1-5-25(6-2)12-7-11-23-21(22-4)24-15-18-9-8-17(3)14-20(18)27-19-10-13-26-16-19/h8-9,14,19H,5-7,10-13,15-16H2,1-4H3,(H2,22,23,24). The molecule has 0 amide bonds. The lowest BCUT2D eigenvalue weighted by Gasteiger charge is -2.19. The molecule has 152 valence electrons. The van der Waals surface area contributed by atoms with Crippen molar-refractivity contribution in [2.75, 3.05) is 46.4 Å². The summed E-state index contributed by atoms with van der Waals surface area (Å²) in [4.78, 5) is 6.76. The van der Waals surface area contributed by atoms with Gasteiger partial charge in [-0.15, -0.1) is 0 Å². The summed E-state index contributed by atoms with van der Waals surface area (Å²) in [5, 5.41) is 6.80. The van der Waals surface area contributed by atoms with Gasteiger partial charge in [-0.3, -0.25) is 4.99 Å². The van der Waals surface area contributed by atoms with E-state index in [1.54, 1.807) is 0 Å². The topological polar surface area (TPSA) is 58.1 Å². The first-order valence-electron chi connectivity index (χ1n) is 10.2. The molecule has 1 saturated heterocycles. The van der Waals surface area contributed by atoms with Gasteiger partial charge in [-0.2, -0.15) is 0 Å². The average molecular weight is 377 g/mol. The van der Waals surface area contributed by atoms with E-state index < -0.39 is 0 Å². The van der Waals surface area contributed by atoms with Crippen LogP contribution in [0.25, 0.3) is 0 Å². The summed E-state index contributed by atoms with van der Waals surface area (Å²) in [5.41, 5.74) is 2.34. The fraction of sp³-hybridized carbons (Fsp3) is 0.667. The zero-order valence-corrected chi connectivity index (χ0v) is 17.4. The van der Waals surface area contributed by atoms with Gasteiger partial charge in [0.2, 0.25) is 0 Å². The lowest BCUT2D eigenvalue weighted by molar-refractivity contribution is 0.140. The van der Waals surface area contributed by atoms with E-state index in [0.717, 1.165) is 62.9 Å². The molecule has 0 spiro atoms. The molecule has 0 saturated carbocycles. The van der Waals surface area contributed by atoms with Gasteiger partial charge in [0.05, 0.1) is 13.2 Å². The van der Waals surface area contributed by atoms with Gasteiger partial charge < -0.3 is 25.0 Å². The molecule has 1 unspecified atom stereocenters. The average Bonchev–Trinajstić information content (AvgIpc) is 3.18. The molecule has 1 atom stereocenters. The second-order valence-electron chi connectivity index (χ2n) is 6.95. The summed E-state index contributed by atoms with van der Waals surface area (Å²) in [6.07, 6.45) is 2.21. The molecular formula is C21H36N4O2.